The number of carbonyl (C=O) groups is 1. The molecule has 4 nitrogen and oxygen atoms in total. The molecule has 4 rings (SSSR count). The normalized spacial score (nSPS) is 22.3. The molecule has 1 aromatic carbocycles. The number of hydrogen-bond acceptors (Lipinski definition) is 4. The zero-order valence-corrected chi connectivity index (χ0v) is 15.8. The third-order valence-corrected chi connectivity index (χ3v) is 6.70. The molecule has 0 spiro atoms. The number of benzene rings is 1. The van der Waals surface area contributed by atoms with E-state index in [1.807, 2.05) is 6.07 Å². The van der Waals surface area contributed by atoms with E-state index in [-0.39, 0.29) is 11.7 Å². The summed E-state index contributed by atoms with van der Waals surface area (Å²) in [6.07, 6.45) is 4.00. The number of carbonyl (C=O) groups excluding carboxylic acids is 1. The van der Waals surface area contributed by atoms with Gasteiger partial charge in [-0.05, 0) is 48.9 Å². The van der Waals surface area contributed by atoms with E-state index >= 15 is 0 Å². The maximum atomic E-state index is 12.7. The summed E-state index contributed by atoms with van der Waals surface area (Å²) in [6.45, 7) is 2.24. The number of hydrogen-bond donors (Lipinski definition) is 3. The number of fused-ring (bicyclic) bond motifs is 3. The van der Waals surface area contributed by atoms with Crippen molar-refractivity contribution in [3.05, 3.63) is 44.2 Å². The van der Waals surface area contributed by atoms with Crippen LogP contribution in [0.15, 0.2) is 22.7 Å². The zero-order chi connectivity index (χ0) is 16.8. The first-order valence-corrected chi connectivity index (χ1v) is 9.88. The molecule has 1 amide bonds. The maximum absolute atomic E-state index is 12.7. The number of rotatable bonds is 2. The first-order valence-electron chi connectivity index (χ1n) is 8.27. The first kappa shape index (κ1) is 16.0. The summed E-state index contributed by atoms with van der Waals surface area (Å²) in [6, 6.07) is 5.25. The first-order chi connectivity index (χ1) is 11.6. The van der Waals surface area contributed by atoms with Crippen molar-refractivity contribution in [2.24, 2.45) is 5.92 Å². The molecule has 6 heteroatoms. The lowest BCUT2D eigenvalue weighted by molar-refractivity contribution is 0.0935. The molecule has 2 heterocycles. The second kappa shape index (κ2) is 6.08. The highest BCUT2D eigenvalue weighted by atomic mass is 79.9. The topological polar surface area (TPSA) is 61.4 Å². The van der Waals surface area contributed by atoms with Crippen molar-refractivity contribution < 1.29 is 9.90 Å². The SMILES string of the molecule is CC[C@@H]1CCc2c(sc3c2C(=O)N[C@@H](c2cc(Br)ccc2O)N3)C1. The molecule has 0 radical (unpaired) electrons. The summed E-state index contributed by atoms with van der Waals surface area (Å²) in [4.78, 5) is 14.1. The molecule has 3 N–H and O–H groups in total. The van der Waals surface area contributed by atoms with Crippen LogP contribution in [-0.2, 0) is 12.8 Å². The Kier molecular flexibility index (Phi) is 4.04. The number of halogens is 1. The predicted octanol–water partition coefficient (Wildman–Crippen LogP) is 4.59. The van der Waals surface area contributed by atoms with Crippen LogP contribution < -0.4 is 10.6 Å². The summed E-state index contributed by atoms with van der Waals surface area (Å²) in [5, 5.41) is 17.5. The van der Waals surface area contributed by atoms with Gasteiger partial charge in [0.1, 0.15) is 16.9 Å². The van der Waals surface area contributed by atoms with E-state index in [9.17, 15) is 9.90 Å². The Morgan fingerprint density at radius 3 is 3.00 bits per heavy atom. The average molecular weight is 407 g/mol. The molecule has 126 valence electrons. The monoisotopic (exact) mass is 406 g/mol. The third-order valence-electron chi connectivity index (χ3n) is 5.02. The Morgan fingerprint density at radius 1 is 1.38 bits per heavy atom. The minimum Gasteiger partial charge on any atom is -0.508 e. The van der Waals surface area contributed by atoms with Crippen LogP contribution in [0.25, 0.3) is 0 Å². The van der Waals surface area contributed by atoms with E-state index in [1.54, 1.807) is 23.5 Å². The Labute approximate surface area is 153 Å². The minimum absolute atomic E-state index is 0.0411. The Morgan fingerprint density at radius 2 is 2.21 bits per heavy atom. The number of thiophene rings is 1. The lowest BCUT2D eigenvalue weighted by atomic mass is 9.85. The number of phenolic OH excluding ortho intramolecular Hbond substituents is 1. The Balaban J connectivity index is 1.70. The summed E-state index contributed by atoms with van der Waals surface area (Å²) in [5.74, 6) is 0.859. The van der Waals surface area contributed by atoms with Gasteiger partial charge < -0.3 is 15.7 Å². The van der Waals surface area contributed by atoms with Crippen LogP contribution in [0.4, 0.5) is 5.00 Å². The molecule has 0 fully saturated rings. The van der Waals surface area contributed by atoms with Crippen LogP contribution in [0.1, 0.15) is 52.3 Å². The Hall–Kier alpha value is -1.53. The summed E-state index contributed by atoms with van der Waals surface area (Å²) in [7, 11) is 0. The van der Waals surface area contributed by atoms with Gasteiger partial charge in [0, 0.05) is 14.9 Å². The predicted molar refractivity (Wildman–Crippen MR) is 99.8 cm³/mol. The molecule has 0 saturated heterocycles. The van der Waals surface area contributed by atoms with Gasteiger partial charge in [-0.2, -0.15) is 0 Å². The van der Waals surface area contributed by atoms with E-state index in [4.69, 9.17) is 0 Å². The van der Waals surface area contributed by atoms with E-state index in [0.29, 0.717) is 5.56 Å². The highest BCUT2D eigenvalue weighted by Crippen LogP contribution is 2.43. The molecule has 1 aliphatic carbocycles. The van der Waals surface area contributed by atoms with Crippen LogP contribution >= 0.6 is 27.3 Å². The number of aromatic hydroxyl groups is 1. The van der Waals surface area contributed by atoms with Gasteiger partial charge in [0.25, 0.3) is 5.91 Å². The molecular formula is C18H19BrN2O2S. The van der Waals surface area contributed by atoms with Crippen molar-refractivity contribution in [3.8, 4) is 5.75 Å². The fourth-order valence-corrected chi connectivity index (χ4v) is 5.39. The molecule has 1 aliphatic heterocycles. The lowest BCUT2D eigenvalue weighted by Crippen LogP contribution is -2.38. The summed E-state index contributed by atoms with van der Waals surface area (Å²) in [5.41, 5.74) is 2.71. The van der Waals surface area contributed by atoms with Crippen LogP contribution in [0.5, 0.6) is 5.75 Å². The second-order valence-corrected chi connectivity index (χ2v) is 8.50. The van der Waals surface area contributed by atoms with Gasteiger partial charge in [0.05, 0.1) is 5.56 Å². The van der Waals surface area contributed by atoms with Crippen molar-refractivity contribution in [2.75, 3.05) is 5.32 Å². The van der Waals surface area contributed by atoms with E-state index in [1.165, 1.54) is 16.9 Å². The standard InChI is InChI=1S/C18H19BrN2O2S/c1-2-9-3-5-11-14(7-9)24-18-15(11)17(23)20-16(21-18)12-8-10(19)4-6-13(12)22/h4,6,8-9,16,21-22H,2-3,5,7H2,1H3,(H,20,23)/t9-,16-/m1/s1. The van der Waals surface area contributed by atoms with Crippen molar-refractivity contribution in [1.82, 2.24) is 5.32 Å². The van der Waals surface area contributed by atoms with E-state index < -0.39 is 6.17 Å². The van der Waals surface area contributed by atoms with Crippen molar-refractivity contribution in [2.45, 2.75) is 38.8 Å². The highest BCUT2D eigenvalue weighted by molar-refractivity contribution is 9.10. The lowest BCUT2D eigenvalue weighted by Gasteiger charge is -2.27. The number of anilines is 1. The molecule has 2 aromatic rings. The fourth-order valence-electron chi connectivity index (χ4n) is 3.63. The molecule has 24 heavy (non-hydrogen) atoms. The zero-order valence-electron chi connectivity index (χ0n) is 13.4. The quantitative estimate of drug-likeness (QED) is 0.683. The fraction of sp³-hybridized carbons (Fsp3) is 0.389. The van der Waals surface area contributed by atoms with Crippen LogP contribution in [0.2, 0.25) is 0 Å². The molecule has 2 aliphatic rings. The van der Waals surface area contributed by atoms with Crippen LogP contribution in [-0.4, -0.2) is 11.0 Å². The molecule has 0 bridgehead atoms. The molecular weight excluding hydrogens is 388 g/mol. The van der Waals surface area contributed by atoms with Gasteiger partial charge in [-0.1, -0.05) is 29.3 Å². The third kappa shape index (κ3) is 2.62. The molecule has 2 atom stereocenters. The largest absolute Gasteiger partial charge is 0.508 e. The van der Waals surface area contributed by atoms with Gasteiger partial charge in [-0.15, -0.1) is 11.3 Å². The smallest absolute Gasteiger partial charge is 0.256 e. The number of phenols is 1. The van der Waals surface area contributed by atoms with Crippen molar-refractivity contribution in [3.63, 3.8) is 0 Å². The highest BCUT2D eigenvalue weighted by Gasteiger charge is 2.34. The van der Waals surface area contributed by atoms with Crippen LogP contribution in [0, 0.1) is 5.92 Å². The molecule has 0 unspecified atom stereocenters. The van der Waals surface area contributed by atoms with Crippen molar-refractivity contribution in [1.29, 1.82) is 0 Å². The van der Waals surface area contributed by atoms with Gasteiger partial charge in [-0.25, -0.2) is 0 Å². The van der Waals surface area contributed by atoms with E-state index in [2.05, 4.69) is 33.5 Å². The summed E-state index contributed by atoms with van der Waals surface area (Å²) >= 11 is 5.13. The van der Waals surface area contributed by atoms with Gasteiger partial charge in [0.15, 0.2) is 0 Å². The van der Waals surface area contributed by atoms with Gasteiger partial charge >= 0.3 is 0 Å². The average Bonchev–Trinajstić information content (AvgIpc) is 2.94. The van der Waals surface area contributed by atoms with Gasteiger partial charge in [-0.3, -0.25) is 4.79 Å². The molecule has 0 saturated carbocycles. The van der Waals surface area contributed by atoms with Crippen molar-refractivity contribution >= 4 is 38.2 Å². The van der Waals surface area contributed by atoms with Crippen LogP contribution in [0.3, 0.4) is 0 Å². The number of amides is 1. The second-order valence-electron chi connectivity index (χ2n) is 6.48. The maximum Gasteiger partial charge on any atom is 0.256 e. The van der Waals surface area contributed by atoms with E-state index in [0.717, 1.165) is 40.2 Å². The minimum atomic E-state index is -0.412. The molecule has 1 aromatic heterocycles. The summed E-state index contributed by atoms with van der Waals surface area (Å²) < 4.78 is 0.869. The number of nitrogens with one attached hydrogen (secondary N) is 2. The Bertz CT molecular complexity index is 818. The van der Waals surface area contributed by atoms with Gasteiger partial charge in [0.2, 0.25) is 0 Å².